The quantitative estimate of drug-likeness (QED) is 0.0222. The van der Waals surface area contributed by atoms with Crippen molar-refractivity contribution in [3.8, 4) is 0 Å². The average Bonchev–Trinajstić information content (AvgIpc) is 3.40. The van der Waals surface area contributed by atoms with Crippen molar-refractivity contribution in [3.05, 3.63) is 0 Å². The third-order valence-corrected chi connectivity index (χ3v) is 15.3. The van der Waals surface area contributed by atoms with E-state index in [9.17, 15) is 43.2 Å². The summed E-state index contributed by atoms with van der Waals surface area (Å²) in [4.78, 5) is 71.6. The van der Waals surface area contributed by atoms with Crippen LogP contribution in [0.5, 0.6) is 0 Å². The highest BCUT2D eigenvalue weighted by atomic mass is 31.2. The Kier molecular flexibility index (Phi) is 52.0. The van der Waals surface area contributed by atoms with Crippen LogP contribution in [0.15, 0.2) is 0 Å². The molecule has 0 aromatic heterocycles. The van der Waals surface area contributed by atoms with Gasteiger partial charge in [-0.25, -0.2) is 9.13 Å². The Labute approximate surface area is 467 Å². The first kappa shape index (κ1) is 75.1. The zero-order chi connectivity index (χ0) is 56.9. The van der Waals surface area contributed by atoms with Crippen molar-refractivity contribution in [2.24, 2.45) is 0 Å². The molecule has 0 saturated heterocycles. The van der Waals surface area contributed by atoms with Gasteiger partial charge in [0.1, 0.15) is 19.3 Å². The number of carbonyl (C=O) groups excluding carboxylic acids is 4. The van der Waals surface area contributed by atoms with Gasteiger partial charge in [-0.2, -0.15) is 0 Å². The molecule has 0 aliphatic rings. The first-order valence-electron chi connectivity index (χ1n) is 30.8. The van der Waals surface area contributed by atoms with Gasteiger partial charge in [0.25, 0.3) is 0 Å². The second-order valence-electron chi connectivity index (χ2n) is 21.0. The third kappa shape index (κ3) is 53.2. The molecule has 0 saturated carbocycles. The topological polar surface area (TPSA) is 237 Å². The smallest absolute Gasteiger partial charge is 0.462 e. The highest BCUT2D eigenvalue weighted by molar-refractivity contribution is 7.47. The van der Waals surface area contributed by atoms with Crippen LogP contribution in [0.1, 0.15) is 291 Å². The summed E-state index contributed by atoms with van der Waals surface area (Å²) in [7, 11) is -9.86. The van der Waals surface area contributed by atoms with Gasteiger partial charge in [-0.05, 0) is 25.7 Å². The zero-order valence-corrected chi connectivity index (χ0v) is 50.7. The molecule has 0 aromatic carbocycles. The second-order valence-corrected chi connectivity index (χ2v) is 23.9. The van der Waals surface area contributed by atoms with Crippen molar-refractivity contribution in [3.63, 3.8) is 0 Å². The van der Waals surface area contributed by atoms with Crippen LogP contribution in [0.4, 0.5) is 0 Å². The van der Waals surface area contributed by atoms with Gasteiger partial charge in [0.2, 0.25) is 0 Å². The van der Waals surface area contributed by atoms with Crippen molar-refractivity contribution in [1.29, 1.82) is 0 Å². The van der Waals surface area contributed by atoms with Gasteiger partial charge in [-0.1, -0.05) is 240 Å². The van der Waals surface area contributed by atoms with Crippen LogP contribution in [0.3, 0.4) is 0 Å². The fourth-order valence-corrected chi connectivity index (χ4v) is 10.2. The number of phosphoric acid groups is 2. The van der Waals surface area contributed by atoms with Crippen molar-refractivity contribution in [1.82, 2.24) is 0 Å². The number of hydrogen-bond donors (Lipinski definition) is 3. The molecule has 0 radical (unpaired) electrons. The lowest BCUT2D eigenvalue weighted by molar-refractivity contribution is -0.161. The Morgan fingerprint density at radius 1 is 0.312 bits per heavy atom. The number of carbonyl (C=O) groups is 4. The number of phosphoric ester groups is 2. The molecule has 0 amide bonds. The summed E-state index contributed by atoms with van der Waals surface area (Å²) in [6.45, 7) is 4.74. The lowest BCUT2D eigenvalue weighted by Crippen LogP contribution is -2.30. The Balaban J connectivity index is 5.18. The molecule has 2 unspecified atom stereocenters. The minimum Gasteiger partial charge on any atom is -0.462 e. The largest absolute Gasteiger partial charge is 0.472 e. The van der Waals surface area contributed by atoms with E-state index in [1.807, 2.05) is 0 Å². The first-order chi connectivity index (χ1) is 37.2. The molecule has 0 heterocycles. The molecule has 0 rings (SSSR count). The maximum atomic E-state index is 12.9. The predicted molar refractivity (Wildman–Crippen MR) is 303 cm³/mol. The molecule has 17 nitrogen and oxygen atoms in total. The fraction of sp³-hybridized carbons (Fsp3) is 0.931. The van der Waals surface area contributed by atoms with Gasteiger partial charge in [-0.3, -0.25) is 37.3 Å². The van der Waals surface area contributed by atoms with Crippen LogP contribution in [0.2, 0.25) is 0 Å². The number of hydrogen-bond acceptors (Lipinski definition) is 15. The highest BCUT2D eigenvalue weighted by Gasteiger charge is 2.30. The zero-order valence-electron chi connectivity index (χ0n) is 48.9. The number of rotatable bonds is 59. The van der Waals surface area contributed by atoms with E-state index < -0.39 is 97.5 Å². The van der Waals surface area contributed by atoms with Gasteiger partial charge < -0.3 is 33.8 Å². The molecule has 19 heteroatoms. The molecule has 0 aliphatic heterocycles. The van der Waals surface area contributed by atoms with Gasteiger partial charge in [0, 0.05) is 25.7 Å². The van der Waals surface area contributed by atoms with Crippen LogP contribution >= 0.6 is 15.6 Å². The molecule has 0 spiro atoms. The predicted octanol–water partition coefficient (Wildman–Crippen LogP) is 15.6. The van der Waals surface area contributed by atoms with Crippen LogP contribution in [0, 0.1) is 0 Å². The SMILES string of the molecule is CCCCCCCCCCCCCCC(=O)O[C@H](COC(=O)CCCCCCCCCCCCC)COP(=O)(O)OC[C@@H](O)COP(=O)(O)OC[C@@H](COC(=O)CCCCCCC)OC(=O)CCCCCCCCCCC. The van der Waals surface area contributed by atoms with E-state index in [-0.39, 0.29) is 25.7 Å². The summed E-state index contributed by atoms with van der Waals surface area (Å²) >= 11 is 0. The Morgan fingerprint density at radius 3 is 0.766 bits per heavy atom. The van der Waals surface area contributed by atoms with E-state index in [1.165, 1.54) is 116 Å². The summed E-state index contributed by atoms with van der Waals surface area (Å²) in [5.74, 6) is -2.15. The van der Waals surface area contributed by atoms with Crippen LogP contribution in [0.25, 0.3) is 0 Å². The van der Waals surface area contributed by atoms with Crippen LogP contribution in [-0.2, 0) is 65.4 Å². The van der Waals surface area contributed by atoms with E-state index in [2.05, 4.69) is 27.7 Å². The van der Waals surface area contributed by atoms with Gasteiger partial charge in [-0.15, -0.1) is 0 Å². The summed E-state index contributed by atoms with van der Waals surface area (Å²) in [6.07, 6.45) is 36.4. The molecule has 5 atom stereocenters. The number of aliphatic hydroxyl groups excluding tert-OH is 1. The standard InChI is InChI=1S/C58H112O17P2/c1-5-9-13-17-20-23-25-27-30-33-37-41-45-58(63)75-54(49-69-56(61)43-39-35-31-29-26-24-21-18-14-10-6-2)51-73-77(66,67)71-47-52(59)46-70-76(64,65)72-50-53(48-68-55(60)42-38-34-16-12-8-4)74-57(62)44-40-36-32-28-22-19-15-11-7-3/h52-54,59H,5-51H2,1-4H3,(H,64,65)(H,66,67)/t52-,53+,54+/m0/s1. The normalized spacial score (nSPS) is 14.3. The van der Waals surface area contributed by atoms with Gasteiger partial charge >= 0.3 is 39.5 Å². The van der Waals surface area contributed by atoms with E-state index in [4.69, 9.17) is 37.0 Å². The Hall–Kier alpha value is -1.94. The van der Waals surface area contributed by atoms with Crippen molar-refractivity contribution in [2.45, 2.75) is 309 Å². The van der Waals surface area contributed by atoms with Crippen LogP contribution < -0.4 is 0 Å². The van der Waals surface area contributed by atoms with Gasteiger partial charge in [0.15, 0.2) is 12.2 Å². The summed E-state index contributed by atoms with van der Waals surface area (Å²) in [6, 6.07) is 0. The molecule has 77 heavy (non-hydrogen) atoms. The summed E-state index contributed by atoms with van der Waals surface area (Å²) in [5.41, 5.74) is 0. The number of unbranched alkanes of at least 4 members (excludes halogenated alkanes) is 33. The van der Waals surface area contributed by atoms with Crippen molar-refractivity contribution >= 4 is 39.5 Å². The number of ether oxygens (including phenoxy) is 4. The van der Waals surface area contributed by atoms with E-state index >= 15 is 0 Å². The van der Waals surface area contributed by atoms with E-state index in [0.717, 1.165) is 96.3 Å². The maximum Gasteiger partial charge on any atom is 0.472 e. The molecule has 0 fully saturated rings. The van der Waals surface area contributed by atoms with Crippen molar-refractivity contribution in [2.75, 3.05) is 39.6 Å². The second kappa shape index (κ2) is 53.4. The summed E-state index contributed by atoms with van der Waals surface area (Å²) in [5, 5.41) is 10.5. The monoisotopic (exact) mass is 1140 g/mol. The maximum absolute atomic E-state index is 12.9. The van der Waals surface area contributed by atoms with Crippen molar-refractivity contribution < 1.29 is 80.2 Å². The van der Waals surface area contributed by atoms with Gasteiger partial charge in [0.05, 0.1) is 26.4 Å². The third-order valence-electron chi connectivity index (χ3n) is 13.4. The molecular formula is C58H112O17P2. The van der Waals surface area contributed by atoms with Crippen LogP contribution in [-0.4, -0.2) is 96.7 Å². The minimum absolute atomic E-state index is 0.105. The van der Waals surface area contributed by atoms with E-state index in [1.54, 1.807) is 0 Å². The first-order valence-corrected chi connectivity index (χ1v) is 33.8. The Morgan fingerprint density at radius 2 is 0.519 bits per heavy atom. The average molecular weight is 1140 g/mol. The molecule has 0 aromatic rings. The number of aliphatic hydroxyl groups is 1. The Bertz CT molecular complexity index is 1500. The summed E-state index contributed by atoms with van der Waals surface area (Å²) < 4.78 is 67.5. The molecule has 3 N–H and O–H groups in total. The minimum atomic E-state index is -4.93. The highest BCUT2D eigenvalue weighted by Crippen LogP contribution is 2.45. The lowest BCUT2D eigenvalue weighted by atomic mass is 10.0. The fourth-order valence-electron chi connectivity index (χ4n) is 8.57. The molecule has 0 bridgehead atoms. The molecular weight excluding hydrogens is 1030 g/mol. The molecule has 456 valence electrons. The number of esters is 4. The van der Waals surface area contributed by atoms with E-state index in [0.29, 0.717) is 25.7 Å². The molecule has 0 aliphatic carbocycles. The lowest BCUT2D eigenvalue weighted by Gasteiger charge is -2.21.